The molecule has 2 heterocycles. The van der Waals surface area contributed by atoms with Crippen molar-refractivity contribution < 1.29 is 13.9 Å². The molecule has 0 saturated carbocycles. The number of ether oxygens (including phenoxy) is 1. The molecule has 6 nitrogen and oxygen atoms in total. The third kappa shape index (κ3) is 3.35. The van der Waals surface area contributed by atoms with Crippen molar-refractivity contribution in [2.24, 2.45) is 7.05 Å². The van der Waals surface area contributed by atoms with Gasteiger partial charge in [-0.05, 0) is 24.3 Å². The highest BCUT2D eigenvalue weighted by Crippen LogP contribution is 2.29. The van der Waals surface area contributed by atoms with Gasteiger partial charge in [0.25, 0.3) is 11.5 Å². The molecular formula is C18H20FN3O3. The van der Waals surface area contributed by atoms with Gasteiger partial charge in [-0.15, -0.1) is 0 Å². The summed E-state index contributed by atoms with van der Waals surface area (Å²) in [6.07, 6.45) is 1.62. The maximum Gasteiger partial charge on any atom is 0.263 e. The van der Waals surface area contributed by atoms with Crippen LogP contribution >= 0.6 is 0 Å². The van der Waals surface area contributed by atoms with Crippen LogP contribution in [0.15, 0.2) is 41.3 Å². The van der Waals surface area contributed by atoms with Gasteiger partial charge in [0, 0.05) is 45.5 Å². The number of amides is 1. The van der Waals surface area contributed by atoms with E-state index in [0.29, 0.717) is 31.9 Å². The number of pyridine rings is 1. The molecular weight excluding hydrogens is 325 g/mol. The van der Waals surface area contributed by atoms with E-state index in [1.165, 1.54) is 23.8 Å². The second-order valence-corrected chi connectivity index (χ2v) is 5.93. The maximum atomic E-state index is 13.3. The van der Waals surface area contributed by atoms with Crippen LogP contribution in [0.4, 0.5) is 10.1 Å². The average molecular weight is 345 g/mol. The summed E-state index contributed by atoms with van der Waals surface area (Å²) in [6.45, 7) is 2.14. The third-order valence-electron chi connectivity index (χ3n) is 4.40. The molecule has 2 aromatic rings. The SMILES string of the molecule is COc1cc(F)ccc1N1CCN(C(=O)c2cccn(C)c2=O)CC1. The highest BCUT2D eigenvalue weighted by Gasteiger charge is 2.25. The van der Waals surface area contributed by atoms with Crippen LogP contribution < -0.4 is 15.2 Å². The summed E-state index contributed by atoms with van der Waals surface area (Å²) in [5, 5.41) is 0. The van der Waals surface area contributed by atoms with Gasteiger partial charge in [0.15, 0.2) is 0 Å². The van der Waals surface area contributed by atoms with Crippen LogP contribution in [0.1, 0.15) is 10.4 Å². The Hall–Kier alpha value is -2.83. The second kappa shape index (κ2) is 6.96. The Balaban J connectivity index is 1.73. The van der Waals surface area contributed by atoms with Crippen molar-refractivity contribution in [3.63, 3.8) is 0 Å². The lowest BCUT2D eigenvalue weighted by atomic mass is 10.2. The number of aromatic nitrogens is 1. The number of aryl methyl sites for hydroxylation is 1. The van der Waals surface area contributed by atoms with E-state index in [9.17, 15) is 14.0 Å². The molecule has 132 valence electrons. The Morgan fingerprint density at radius 1 is 1.16 bits per heavy atom. The molecule has 0 aliphatic carbocycles. The minimum absolute atomic E-state index is 0.179. The van der Waals surface area contributed by atoms with E-state index in [4.69, 9.17) is 4.74 Å². The molecule has 7 heteroatoms. The first-order valence-corrected chi connectivity index (χ1v) is 8.04. The van der Waals surface area contributed by atoms with E-state index in [0.717, 1.165) is 5.69 Å². The fourth-order valence-electron chi connectivity index (χ4n) is 2.99. The topological polar surface area (TPSA) is 54.8 Å². The van der Waals surface area contributed by atoms with Gasteiger partial charge in [0.1, 0.15) is 17.1 Å². The molecule has 0 N–H and O–H groups in total. The molecule has 1 aliphatic rings. The van der Waals surface area contributed by atoms with Crippen LogP contribution in [-0.4, -0.2) is 48.7 Å². The minimum Gasteiger partial charge on any atom is -0.494 e. The predicted molar refractivity (Wildman–Crippen MR) is 92.8 cm³/mol. The van der Waals surface area contributed by atoms with E-state index in [-0.39, 0.29) is 22.8 Å². The summed E-state index contributed by atoms with van der Waals surface area (Å²) >= 11 is 0. The molecule has 0 spiro atoms. The molecule has 3 rings (SSSR count). The van der Waals surface area contributed by atoms with Gasteiger partial charge in [-0.25, -0.2) is 4.39 Å². The van der Waals surface area contributed by atoms with Crippen molar-refractivity contribution in [1.29, 1.82) is 0 Å². The zero-order chi connectivity index (χ0) is 18.0. The van der Waals surface area contributed by atoms with Crippen LogP contribution in [-0.2, 0) is 7.05 Å². The van der Waals surface area contributed by atoms with Crippen molar-refractivity contribution in [2.75, 3.05) is 38.2 Å². The first-order chi connectivity index (χ1) is 12.0. The van der Waals surface area contributed by atoms with E-state index in [1.807, 2.05) is 4.90 Å². The molecule has 0 radical (unpaired) electrons. The third-order valence-corrected chi connectivity index (χ3v) is 4.40. The number of carbonyl (C=O) groups is 1. The molecule has 1 aromatic heterocycles. The number of nitrogens with zero attached hydrogens (tertiary/aromatic N) is 3. The lowest BCUT2D eigenvalue weighted by Gasteiger charge is -2.36. The number of rotatable bonds is 3. The predicted octanol–water partition coefficient (Wildman–Crippen LogP) is 1.50. The van der Waals surface area contributed by atoms with Crippen molar-refractivity contribution in [3.05, 3.63) is 58.3 Å². The van der Waals surface area contributed by atoms with E-state index >= 15 is 0 Å². The Morgan fingerprint density at radius 3 is 2.56 bits per heavy atom. The van der Waals surface area contributed by atoms with Crippen molar-refractivity contribution >= 4 is 11.6 Å². The lowest BCUT2D eigenvalue weighted by molar-refractivity contribution is 0.0744. The summed E-state index contributed by atoms with van der Waals surface area (Å²) in [7, 11) is 3.13. The minimum atomic E-state index is -0.352. The van der Waals surface area contributed by atoms with Crippen LogP contribution in [0.2, 0.25) is 0 Å². The number of hydrogen-bond donors (Lipinski definition) is 0. The van der Waals surface area contributed by atoms with E-state index in [1.54, 1.807) is 36.3 Å². The highest BCUT2D eigenvalue weighted by molar-refractivity contribution is 5.94. The lowest BCUT2D eigenvalue weighted by Crippen LogP contribution is -2.50. The Kier molecular flexibility index (Phi) is 4.74. The van der Waals surface area contributed by atoms with Crippen LogP contribution in [0.25, 0.3) is 0 Å². The van der Waals surface area contributed by atoms with Gasteiger partial charge in [0.05, 0.1) is 12.8 Å². The highest BCUT2D eigenvalue weighted by atomic mass is 19.1. The molecule has 1 amide bonds. The van der Waals surface area contributed by atoms with E-state index < -0.39 is 0 Å². The number of methoxy groups -OCH3 is 1. The number of halogens is 1. The molecule has 1 saturated heterocycles. The molecule has 1 aliphatic heterocycles. The summed E-state index contributed by atoms with van der Waals surface area (Å²) in [6, 6.07) is 7.66. The van der Waals surface area contributed by atoms with Crippen molar-refractivity contribution in [1.82, 2.24) is 9.47 Å². The fourth-order valence-corrected chi connectivity index (χ4v) is 2.99. The molecule has 1 aromatic carbocycles. The first kappa shape index (κ1) is 17.0. The molecule has 25 heavy (non-hydrogen) atoms. The van der Waals surface area contributed by atoms with Gasteiger partial charge in [-0.1, -0.05) is 0 Å². The summed E-state index contributed by atoms with van der Waals surface area (Å²) in [5.41, 5.74) is 0.680. The number of benzene rings is 1. The van der Waals surface area contributed by atoms with E-state index in [2.05, 4.69) is 0 Å². The zero-order valence-corrected chi connectivity index (χ0v) is 14.2. The monoisotopic (exact) mass is 345 g/mol. The molecule has 1 fully saturated rings. The smallest absolute Gasteiger partial charge is 0.263 e. The average Bonchev–Trinajstić information content (AvgIpc) is 2.63. The Bertz CT molecular complexity index is 842. The number of hydrogen-bond acceptors (Lipinski definition) is 4. The zero-order valence-electron chi connectivity index (χ0n) is 14.2. The number of piperazine rings is 1. The summed E-state index contributed by atoms with van der Waals surface area (Å²) < 4.78 is 20.0. The first-order valence-electron chi connectivity index (χ1n) is 8.04. The Morgan fingerprint density at radius 2 is 1.88 bits per heavy atom. The Labute approximate surface area is 145 Å². The second-order valence-electron chi connectivity index (χ2n) is 5.93. The standard InChI is InChI=1S/C18H20FN3O3/c1-20-7-3-4-14(17(20)23)18(24)22-10-8-21(9-11-22)15-6-5-13(19)12-16(15)25-2/h3-7,12H,8-11H2,1-2H3. The van der Waals surface area contributed by atoms with Gasteiger partial charge in [-0.2, -0.15) is 0 Å². The molecule has 0 unspecified atom stereocenters. The quantitative estimate of drug-likeness (QED) is 0.846. The van der Waals surface area contributed by atoms with Gasteiger partial charge in [0.2, 0.25) is 0 Å². The molecule has 0 bridgehead atoms. The van der Waals surface area contributed by atoms with Crippen LogP contribution in [0.3, 0.4) is 0 Å². The summed E-state index contributed by atoms with van der Waals surface area (Å²) in [4.78, 5) is 28.4. The maximum absolute atomic E-state index is 13.3. The largest absolute Gasteiger partial charge is 0.494 e. The molecule has 0 atom stereocenters. The van der Waals surface area contributed by atoms with Gasteiger partial charge < -0.3 is 19.1 Å². The number of anilines is 1. The van der Waals surface area contributed by atoms with Gasteiger partial charge in [-0.3, -0.25) is 9.59 Å². The van der Waals surface area contributed by atoms with Crippen molar-refractivity contribution in [3.8, 4) is 5.75 Å². The normalized spacial score (nSPS) is 14.5. The summed E-state index contributed by atoms with van der Waals surface area (Å²) in [5.74, 6) is -0.141. The van der Waals surface area contributed by atoms with Crippen molar-refractivity contribution in [2.45, 2.75) is 0 Å². The van der Waals surface area contributed by atoms with Crippen LogP contribution in [0.5, 0.6) is 5.75 Å². The van der Waals surface area contributed by atoms with Crippen LogP contribution in [0, 0.1) is 5.82 Å². The number of carbonyl (C=O) groups excluding carboxylic acids is 1. The fraction of sp³-hybridized carbons (Fsp3) is 0.333. The van der Waals surface area contributed by atoms with Gasteiger partial charge >= 0.3 is 0 Å².